The van der Waals surface area contributed by atoms with Gasteiger partial charge in [0.15, 0.2) is 11.0 Å². The number of nitrogens with zero attached hydrogens (tertiary/aromatic N) is 1. The van der Waals surface area contributed by atoms with Crippen molar-refractivity contribution < 1.29 is 4.39 Å². The number of halogens is 2. The molecule has 0 saturated carbocycles. The molecule has 1 heterocycles. The van der Waals surface area contributed by atoms with Gasteiger partial charge in [0.05, 0.1) is 0 Å². The molecule has 0 aliphatic heterocycles. The summed E-state index contributed by atoms with van der Waals surface area (Å²) in [5.41, 5.74) is 5.85. The number of hydrogen-bond donors (Lipinski definition) is 1. The highest BCUT2D eigenvalue weighted by Gasteiger charge is 2.09. The van der Waals surface area contributed by atoms with Crippen molar-refractivity contribution >= 4 is 11.6 Å². The van der Waals surface area contributed by atoms with E-state index in [0.717, 1.165) is 0 Å². The van der Waals surface area contributed by atoms with E-state index in [1.54, 1.807) is 6.92 Å². The molecule has 1 aromatic heterocycles. The van der Waals surface area contributed by atoms with Gasteiger partial charge in [-0.05, 0) is 13.0 Å². The highest BCUT2D eigenvalue weighted by Crippen LogP contribution is 2.18. The Kier molecular flexibility index (Phi) is 2.42. The predicted octanol–water partition coefficient (Wildman–Crippen LogP) is 1.89. The lowest BCUT2D eigenvalue weighted by atomic mass is 10.1. The third-order valence-electron chi connectivity index (χ3n) is 1.37. The van der Waals surface area contributed by atoms with E-state index >= 15 is 0 Å². The fourth-order valence-corrected chi connectivity index (χ4v) is 0.949. The second-order valence-corrected chi connectivity index (χ2v) is 2.65. The lowest BCUT2D eigenvalue weighted by molar-refractivity contribution is 0.588. The summed E-state index contributed by atoms with van der Waals surface area (Å²) in [6.07, 6.45) is 1.43. The lowest BCUT2D eigenvalue weighted by Crippen LogP contribution is -2.07. The summed E-state index contributed by atoms with van der Waals surface area (Å²) < 4.78 is 13.0. The summed E-state index contributed by atoms with van der Waals surface area (Å²) in [4.78, 5) is 3.56. The Labute approximate surface area is 69.2 Å². The van der Waals surface area contributed by atoms with E-state index in [9.17, 15) is 4.39 Å². The van der Waals surface area contributed by atoms with Gasteiger partial charge in [-0.3, -0.25) is 0 Å². The molecule has 0 aliphatic carbocycles. The molecule has 2 nitrogen and oxygen atoms in total. The van der Waals surface area contributed by atoms with Gasteiger partial charge in [-0.2, -0.15) is 0 Å². The van der Waals surface area contributed by atoms with Gasteiger partial charge in [-0.25, -0.2) is 9.37 Å². The van der Waals surface area contributed by atoms with Crippen molar-refractivity contribution in [3.05, 3.63) is 28.8 Å². The van der Waals surface area contributed by atoms with E-state index in [-0.39, 0.29) is 11.2 Å². The van der Waals surface area contributed by atoms with Crippen molar-refractivity contribution in [3.8, 4) is 0 Å². The van der Waals surface area contributed by atoms with Crippen LogP contribution in [0, 0.1) is 5.82 Å². The summed E-state index contributed by atoms with van der Waals surface area (Å²) in [7, 11) is 0. The summed E-state index contributed by atoms with van der Waals surface area (Å²) in [6.45, 7) is 1.69. The summed E-state index contributed by atoms with van der Waals surface area (Å²) in [6, 6.07) is 1.17. The molecule has 1 atom stereocenters. The van der Waals surface area contributed by atoms with Crippen LogP contribution in [0.5, 0.6) is 0 Å². The smallest absolute Gasteiger partial charge is 0.165 e. The first-order valence-electron chi connectivity index (χ1n) is 3.18. The maximum absolute atomic E-state index is 13.0. The van der Waals surface area contributed by atoms with Crippen LogP contribution in [-0.2, 0) is 0 Å². The average molecular weight is 175 g/mol. The highest BCUT2D eigenvalue weighted by atomic mass is 35.5. The largest absolute Gasteiger partial charge is 0.324 e. The highest BCUT2D eigenvalue weighted by molar-refractivity contribution is 6.29. The van der Waals surface area contributed by atoms with E-state index in [1.165, 1.54) is 12.3 Å². The quantitative estimate of drug-likeness (QED) is 0.661. The van der Waals surface area contributed by atoms with Crippen molar-refractivity contribution in [1.82, 2.24) is 4.98 Å². The molecule has 0 unspecified atom stereocenters. The van der Waals surface area contributed by atoms with Crippen molar-refractivity contribution in [3.63, 3.8) is 0 Å². The molecule has 1 rings (SSSR count). The Morgan fingerprint density at radius 1 is 1.73 bits per heavy atom. The molecule has 60 valence electrons. The van der Waals surface area contributed by atoms with Crippen LogP contribution in [0.4, 0.5) is 4.39 Å². The van der Waals surface area contributed by atoms with Gasteiger partial charge in [0.2, 0.25) is 0 Å². The molecule has 0 amide bonds. The van der Waals surface area contributed by atoms with E-state index in [1.807, 2.05) is 0 Å². The normalized spacial score (nSPS) is 13.1. The lowest BCUT2D eigenvalue weighted by Gasteiger charge is -2.06. The minimum absolute atomic E-state index is 0.125. The molecular formula is C7H8ClFN2. The Hall–Kier alpha value is -0.670. The topological polar surface area (TPSA) is 38.9 Å². The van der Waals surface area contributed by atoms with E-state index in [0.29, 0.717) is 5.56 Å². The fraction of sp³-hybridized carbons (Fsp3) is 0.286. The molecule has 0 aromatic carbocycles. The van der Waals surface area contributed by atoms with Gasteiger partial charge in [0.1, 0.15) is 0 Å². The minimum Gasteiger partial charge on any atom is -0.324 e. The van der Waals surface area contributed by atoms with E-state index < -0.39 is 5.82 Å². The molecule has 0 aliphatic rings. The number of hydrogen-bond acceptors (Lipinski definition) is 2. The van der Waals surface area contributed by atoms with Crippen LogP contribution in [0.15, 0.2) is 12.3 Å². The Bertz CT molecular complexity index is 263. The Balaban J connectivity index is 3.17. The van der Waals surface area contributed by atoms with Crippen LogP contribution < -0.4 is 5.73 Å². The molecule has 4 heteroatoms. The van der Waals surface area contributed by atoms with Crippen LogP contribution in [-0.4, -0.2) is 4.98 Å². The molecule has 0 bridgehead atoms. The van der Waals surface area contributed by atoms with Crippen LogP contribution >= 0.6 is 11.6 Å². The first kappa shape index (κ1) is 8.43. The van der Waals surface area contributed by atoms with Crippen molar-refractivity contribution in [2.45, 2.75) is 13.0 Å². The molecule has 0 radical (unpaired) electrons. The van der Waals surface area contributed by atoms with Crippen molar-refractivity contribution in [1.29, 1.82) is 0 Å². The molecule has 1 aromatic rings. The van der Waals surface area contributed by atoms with Gasteiger partial charge in [0.25, 0.3) is 0 Å². The van der Waals surface area contributed by atoms with Crippen LogP contribution in [0.1, 0.15) is 18.5 Å². The third kappa shape index (κ3) is 1.67. The Morgan fingerprint density at radius 2 is 2.36 bits per heavy atom. The van der Waals surface area contributed by atoms with Crippen molar-refractivity contribution in [2.24, 2.45) is 5.73 Å². The zero-order valence-corrected chi connectivity index (χ0v) is 6.77. The zero-order chi connectivity index (χ0) is 8.43. The van der Waals surface area contributed by atoms with E-state index in [4.69, 9.17) is 17.3 Å². The molecule has 11 heavy (non-hydrogen) atoms. The second-order valence-electron chi connectivity index (χ2n) is 2.29. The maximum atomic E-state index is 13.0. The maximum Gasteiger partial charge on any atom is 0.165 e. The minimum atomic E-state index is -0.524. The summed E-state index contributed by atoms with van der Waals surface area (Å²) >= 11 is 5.42. The molecule has 0 saturated heterocycles. The standard InChI is InChI=1S/C7H8ClFN2/c1-4(10)5-2-3-11-7(8)6(5)9/h2-4H,10H2,1H3/t4-/m0/s1. The number of nitrogens with two attached hydrogens (primary N) is 1. The van der Waals surface area contributed by atoms with Crippen LogP contribution in [0.25, 0.3) is 0 Å². The number of aromatic nitrogens is 1. The fourth-order valence-electron chi connectivity index (χ4n) is 0.784. The molecule has 2 N–H and O–H groups in total. The SMILES string of the molecule is C[C@H](N)c1ccnc(Cl)c1F. The third-order valence-corrected chi connectivity index (χ3v) is 1.63. The average Bonchev–Trinajstić information content (AvgIpc) is 1.94. The van der Waals surface area contributed by atoms with Crippen molar-refractivity contribution in [2.75, 3.05) is 0 Å². The monoisotopic (exact) mass is 174 g/mol. The van der Waals surface area contributed by atoms with Gasteiger partial charge < -0.3 is 5.73 Å². The molecule has 0 spiro atoms. The van der Waals surface area contributed by atoms with Gasteiger partial charge >= 0.3 is 0 Å². The predicted molar refractivity (Wildman–Crippen MR) is 41.8 cm³/mol. The number of rotatable bonds is 1. The first-order valence-corrected chi connectivity index (χ1v) is 3.56. The van der Waals surface area contributed by atoms with E-state index in [2.05, 4.69) is 4.98 Å². The summed E-state index contributed by atoms with van der Waals surface area (Å²) in [5.74, 6) is -0.524. The molecule has 0 fully saturated rings. The van der Waals surface area contributed by atoms with Crippen LogP contribution in [0.3, 0.4) is 0 Å². The van der Waals surface area contributed by atoms with Crippen LogP contribution in [0.2, 0.25) is 5.15 Å². The second kappa shape index (κ2) is 3.15. The molecular weight excluding hydrogens is 167 g/mol. The summed E-state index contributed by atoms with van der Waals surface area (Å²) in [5, 5.41) is -0.125. The zero-order valence-electron chi connectivity index (χ0n) is 6.01. The van der Waals surface area contributed by atoms with Gasteiger partial charge in [-0.1, -0.05) is 11.6 Å². The van der Waals surface area contributed by atoms with Gasteiger partial charge in [0, 0.05) is 17.8 Å². The number of pyridine rings is 1. The first-order chi connectivity index (χ1) is 5.13. The Morgan fingerprint density at radius 3 is 2.82 bits per heavy atom. The van der Waals surface area contributed by atoms with Gasteiger partial charge in [-0.15, -0.1) is 0 Å².